The summed E-state index contributed by atoms with van der Waals surface area (Å²) < 4.78 is 32.2. The maximum Gasteiger partial charge on any atom is 0.331 e. The van der Waals surface area contributed by atoms with Crippen molar-refractivity contribution >= 4 is 33.7 Å². The first kappa shape index (κ1) is 25.1. The third-order valence-corrected chi connectivity index (χ3v) is 7.43. The van der Waals surface area contributed by atoms with Crippen molar-refractivity contribution in [2.45, 2.75) is 18.7 Å². The summed E-state index contributed by atoms with van der Waals surface area (Å²) in [7, 11) is -3.67. The molecule has 0 aliphatic carbocycles. The van der Waals surface area contributed by atoms with Gasteiger partial charge in [0.1, 0.15) is 0 Å². The maximum atomic E-state index is 13.0. The minimum atomic E-state index is -3.67. The number of non-ortho nitro benzene ring substituents is 1. The molecule has 1 aliphatic heterocycles. The van der Waals surface area contributed by atoms with Gasteiger partial charge in [-0.3, -0.25) is 14.9 Å². The molecule has 0 saturated carbocycles. The first-order chi connectivity index (χ1) is 16.1. The fraction of sp³-hybridized carbons (Fsp3) is 0.304. The Morgan fingerprint density at radius 2 is 1.79 bits per heavy atom. The first-order valence-corrected chi connectivity index (χ1v) is 12.0. The van der Waals surface area contributed by atoms with E-state index in [2.05, 4.69) is 0 Å². The van der Waals surface area contributed by atoms with E-state index in [-0.39, 0.29) is 36.8 Å². The summed E-state index contributed by atoms with van der Waals surface area (Å²) in [5.41, 5.74) is 1.98. The second kappa shape index (κ2) is 10.6. The number of hydrogen-bond acceptors (Lipinski definition) is 7. The highest BCUT2D eigenvalue weighted by Crippen LogP contribution is 2.22. The number of carbonyl (C=O) groups excluding carboxylic acids is 2. The summed E-state index contributed by atoms with van der Waals surface area (Å²) in [5.74, 6) is -1.20. The molecule has 1 saturated heterocycles. The number of esters is 1. The van der Waals surface area contributed by atoms with Crippen molar-refractivity contribution < 1.29 is 27.7 Å². The molecule has 0 atom stereocenters. The van der Waals surface area contributed by atoms with Gasteiger partial charge in [-0.25, -0.2) is 13.2 Å². The van der Waals surface area contributed by atoms with Crippen LogP contribution in [0.3, 0.4) is 0 Å². The van der Waals surface area contributed by atoms with E-state index in [1.165, 1.54) is 33.5 Å². The lowest BCUT2D eigenvalue weighted by Crippen LogP contribution is -2.51. The standard InChI is InChI=1S/C23H25N3O7S/c1-17-6-8-21(18(2)14-17)34(31,32)25-12-10-24(11-13-25)22(27)16-33-23(28)9-7-19-4-3-5-20(15-19)26(29)30/h3-9,14-15H,10-13,16H2,1-2H3/b9-7+. The molecular weight excluding hydrogens is 462 g/mol. The molecule has 1 fully saturated rings. The second-order valence-corrected chi connectivity index (χ2v) is 9.75. The lowest BCUT2D eigenvalue weighted by atomic mass is 10.2. The number of sulfonamides is 1. The Balaban J connectivity index is 1.50. The first-order valence-electron chi connectivity index (χ1n) is 10.5. The van der Waals surface area contributed by atoms with Gasteiger partial charge >= 0.3 is 5.97 Å². The summed E-state index contributed by atoms with van der Waals surface area (Å²) in [5, 5.41) is 10.8. The maximum absolute atomic E-state index is 13.0. The number of ether oxygens (including phenoxy) is 1. The quantitative estimate of drug-likeness (QED) is 0.254. The Kier molecular flexibility index (Phi) is 7.79. The number of amides is 1. The lowest BCUT2D eigenvalue weighted by Gasteiger charge is -2.34. The van der Waals surface area contributed by atoms with Gasteiger partial charge in [-0.15, -0.1) is 0 Å². The molecule has 0 radical (unpaired) electrons. The van der Waals surface area contributed by atoms with E-state index in [0.717, 1.165) is 11.6 Å². The van der Waals surface area contributed by atoms with Gasteiger partial charge in [0.25, 0.3) is 11.6 Å². The predicted octanol–water partition coefficient (Wildman–Crippen LogP) is 2.30. The molecule has 0 aromatic heterocycles. The number of hydrogen-bond donors (Lipinski definition) is 0. The van der Waals surface area contributed by atoms with Gasteiger partial charge in [0, 0.05) is 44.4 Å². The lowest BCUT2D eigenvalue weighted by molar-refractivity contribution is -0.384. The summed E-state index contributed by atoms with van der Waals surface area (Å²) in [6.45, 7) is 3.81. The Labute approximate surface area is 197 Å². The smallest absolute Gasteiger partial charge is 0.331 e. The van der Waals surface area contributed by atoms with Crippen LogP contribution in [0, 0.1) is 24.0 Å². The van der Waals surface area contributed by atoms with E-state index in [1.807, 2.05) is 13.0 Å². The number of nitrogens with zero attached hydrogens (tertiary/aromatic N) is 3. The number of aryl methyl sites for hydroxylation is 2. The zero-order valence-corrected chi connectivity index (χ0v) is 19.7. The van der Waals surface area contributed by atoms with E-state index in [9.17, 15) is 28.1 Å². The molecule has 0 spiro atoms. The van der Waals surface area contributed by atoms with Gasteiger partial charge in [-0.1, -0.05) is 29.8 Å². The van der Waals surface area contributed by atoms with E-state index in [1.54, 1.807) is 25.1 Å². The fourth-order valence-electron chi connectivity index (χ4n) is 3.58. The number of carbonyl (C=O) groups is 2. The molecular formula is C23H25N3O7S. The van der Waals surface area contributed by atoms with Crippen molar-refractivity contribution in [1.82, 2.24) is 9.21 Å². The zero-order valence-electron chi connectivity index (χ0n) is 18.8. The molecule has 34 heavy (non-hydrogen) atoms. The summed E-state index contributed by atoms with van der Waals surface area (Å²) in [6.07, 6.45) is 2.44. The highest BCUT2D eigenvalue weighted by Gasteiger charge is 2.31. The van der Waals surface area contributed by atoms with Crippen molar-refractivity contribution in [3.63, 3.8) is 0 Å². The molecule has 0 unspecified atom stereocenters. The van der Waals surface area contributed by atoms with E-state index in [4.69, 9.17) is 4.74 Å². The van der Waals surface area contributed by atoms with Crippen LogP contribution in [0.1, 0.15) is 16.7 Å². The van der Waals surface area contributed by atoms with Crippen LogP contribution in [0.4, 0.5) is 5.69 Å². The fourth-order valence-corrected chi connectivity index (χ4v) is 5.21. The van der Waals surface area contributed by atoms with Crippen LogP contribution in [0.25, 0.3) is 6.08 Å². The number of piperazine rings is 1. The number of nitro groups is 1. The molecule has 2 aromatic carbocycles. The Hall–Kier alpha value is -3.57. The normalized spacial score (nSPS) is 14.8. The minimum Gasteiger partial charge on any atom is -0.452 e. The topological polar surface area (TPSA) is 127 Å². The average molecular weight is 488 g/mol. The van der Waals surface area contributed by atoms with Crippen molar-refractivity contribution in [3.8, 4) is 0 Å². The van der Waals surface area contributed by atoms with E-state index >= 15 is 0 Å². The van der Waals surface area contributed by atoms with Gasteiger partial charge in [0.15, 0.2) is 6.61 Å². The van der Waals surface area contributed by atoms with Crippen LogP contribution in [0.2, 0.25) is 0 Å². The molecule has 0 bridgehead atoms. The highest BCUT2D eigenvalue weighted by atomic mass is 32.2. The monoisotopic (exact) mass is 487 g/mol. The van der Waals surface area contributed by atoms with Crippen molar-refractivity contribution in [1.29, 1.82) is 0 Å². The predicted molar refractivity (Wildman–Crippen MR) is 124 cm³/mol. The second-order valence-electron chi connectivity index (χ2n) is 7.85. The van der Waals surface area contributed by atoms with Crippen molar-refractivity contribution in [2.24, 2.45) is 0 Å². The summed E-state index contributed by atoms with van der Waals surface area (Å²) in [6, 6.07) is 10.9. The van der Waals surface area contributed by atoms with Gasteiger partial charge in [-0.2, -0.15) is 4.31 Å². The molecule has 1 heterocycles. The number of nitro benzene ring substituents is 1. The molecule has 3 rings (SSSR count). The Morgan fingerprint density at radius 3 is 2.44 bits per heavy atom. The molecule has 0 N–H and O–H groups in total. The number of rotatable bonds is 7. The molecule has 180 valence electrons. The third-order valence-electron chi connectivity index (χ3n) is 5.37. The highest BCUT2D eigenvalue weighted by molar-refractivity contribution is 7.89. The number of benzene rings is 2. The SMILES string of the molecule is Cc1ccc(S(=O)(=O)N2CCN(C(=O)COC(=O)/C=C/c3cccc([N+](=O)[O-])c3)CC2)c(C)c1. The van der Waals surface area contributed by atoms with Gasteiger partial charge in [-0.05, 0) is 37.1 Å². The molecule has 11 heteroatoms. The average Bonchev–Trinajstić information content (AvgIpc) is 2.81. The van der Waals surface area contributed by atoms with Crippen molar-refractivity contribution in [3.05, 3.63) is 75.3 Å². The van der Waals surface area contributed by atoms with E-state index in [0.29, 0.717) is 11.1 Å². The Morgan fingerprint density at radius 1 is 1.09 bits per heavy atom. The van der Waals surface area contributed by atoms with Crippen LogP contribution in [0.5, 0.6) is 0 Å². The Bertz CT molecular complexity index is 1230. The summed E-state index contributed by atoms with van der Waals surface area (Å²) in [4.78, 5) is 36.3. The third kappa shape index (κ3) is 6.06. The zero-order chi connectivity index (χ0) is 24.9. The molecule has 1 aliphatic rings. The van der Waals surface area contributed by atoms with E-state index < -0.39 is 33.4 Å². The van der Waals surface area contributed by atoms with Crippen LogP contribution >= 0.6 is 0 Å². The van der Waals surface area contributed by atoms with Crippen LogP contribution in [0.15, 0.2) is 53.4 Å². The van der Waals surface area contributed by atoms with Gasteiger partial charge in [0.2, 0.25) is 10.0 Å². The molecule has 2 aromatic rings. The molecule has 10 nitrogen and oxygen atoms in total. The largest absolute Gasteiger partial charge is 0.452 e. The van der Waals surface area contributed by atoms with Gasteiger partial charge < -0.3 is 9.64 Å². The van der Waals surface area contributed by atoms with Crippen LogP contribution < -0.4 is 0 Å². The van der Waals surface area contributed by atoms with Gasteiger partial charge in [0.05, 0.1) is 9.82 Å². The molecule has 1 amide bonds. The van der Waals surface area contributed by atoms with Crippen LogP contribution in [-0.2, 0) is 24.3 Å². The minimum absolute atomic E-state index is 0.107. The van der Waals surface area contributed by atoms with Crippen LogP contribution in [-0.4, -0.2) is 67.2 Å². The summed E-state index contributed by atoms with van der Waals surface area (Å²) >= 11 is 0. The van der Waals surface area contributed by atoms with Crippen molar-refractivity contribution in [2.75, 3.05) is 32.8 Å².